The number of ether oxygens (including phenoxy) is 1. The largest absolute Gasteiger partial charge is 0.480 e. The van der Waals surface area contributed by atoms with Gasteiger partial charge in [-0.1, -0.05) is 6.07 Å². The summed E-state index contributed by atoms with van der Waals surface area (Å²) in [7, 11) is 0. The molecule has 0 radical (unpaired) electrons. The van der Waals surface area contributed by atoms with Gasteiger partial charge < -0.3 is 20.5 Å². The van der Waals surface area contributed by atoms with Gasteiger partial charge in [-0.05, 0) is 25.8 Å². The van der Waals surface area contributed by atoms with E-state index in [1.807, 2.05) is 0 Å². The highest BCUT2D eigenvalue weighted by molar-refractivity contribution is 5.98. The molecule has 1 aliphatic rings. The molecule has 1 aliphatic heterocycles. The molecule has 3 atom stereocenters. The normalized spacial score (nSPS) is 18.8. The van der Waals surface area contributed by atoms with Crippen molar-refractivity contribution in [3.05, 3.63) is 39.9 Å². The fourth-order valence-corrected chi connectivity index (χ4v) is 2.79. The topological polar surface area (TPSA) is 148 Å². The number of carboxylic acid groups (broad SMARTS) is 1. The van der Waals surface area contributed by atoms with Crippen LogP contribution in [0.3, 0.4) is 0 Å². The molecule has 1 fully saturated rings. The Bertz CT molecular complexity index is 731. The summed E-state index contributed by atoms with van der Waals surface area (Å²) in [6, 6.07) is 2.95. The van der Waals surface area contributed by atoms with E-state index in [1.54, 1.807) is 0 Å². The maximum absolute atomic E-state index is 12.3. The second-order valence-corrected chi connectivity index (χ2v) is 6.30. The molecule has 2 amide bonds. The number of nitrogens with one attached hydrogen (secondary N) is 2. The molecule has 10 nitrogen and oxygen atoms in total. The van der Waals surface area contributed by atoms with Crippen molar-refractivity contribution in [1.82, 2.24) is 10.6 Å². The molecule has 0 bridgehead atoms. The molecule has 1 aromatic rings. The number of nitro groups is 1. The second kappa shape index (κ2) is 9.08. The van der Waals surface area contributed by atoms with E-state index < -0.39 is 34.8 Å². The minimum Gasteiger partial charge on any atom is -0.480 e. The number of carbonyl (C=O) groups excluding carboxylic acids is 2. The van der Waals surface area contributed by atoms with Gasteiger partial charge in [0.1, 0.15) is 12.1 Å². The maximum atomic E-state index is 12.3. The van der Waals surface area contributed by atoms with Crippen molar-refractivity contribution >= 4 is 23.5 Å². The number of aliphatic carboxylic acids is 1. The Morgan fingerprint density at radius 2 is 2.07 bits per heavy atom. The van der Waals surface area contributed by atoms with Crippen molar-refractivity contribution in [3.8, 4) is 0 Å². The minimum absolute atomic E-state index is 0.0271. The number of non-ortho nitro benzene ring substituents is 1. The van der Waals surface area contributed by atoms with Crippen LogP contribution in [0.4, 0.5) is 5.69 Å². The highest BCUT2D eigenvalue weighted by atomic mass is 16.6. The van der Waals surface area contributed by atoms with E-state index in [0.717, 1.165) is 6.07 Å². The van der Waals surface area contributed by atoms with Gasteiger partial charge in [0.05, 0.1) is 11.5 Å². The average Bonchev–Trinajstić information content (AvgIpc) is 2.66. The number of hydrogen-bond acceptors (Lipinski definition) is 6. The average molecular weight is 379 g/mol. The van der Waals surface area contributed by atoms with Gasteiger partial charge in [0.2, 0.25) is 5.91 Å². The molecule has 146 valence electrons. The number of nitro benzene ring substituents is 1. The molecule has 2 rings (SSSR count). The summed E-state index contributed by atoms with van der Waals surface area (Å²) >= 11 is 0. The molecule has 1 saturated heterocycles. The summed E-state index contributed by atoms with van der Waals surface area (Å²) in [6.45, 7) is 2.21. The fraction of sp³-hybridized carbons (Fsp3) is 0.471. The monoisotopic (exact) mass is 379 g/mol. The summed E-state index contributed by atoms with van der Waals surface area (Å²) in [5.74, 6) is -2.85. The molecule has 3 unspecified atom stereocenters. The lowest BCUT2D eigenvalue weighted by Crippen LogP contribution is -2.54. The Labute approximate surface area is 155 Å². The van der Waals surface area contributed by atoms with Gasteiger partial charge in [0.15, 0.2) is 0 Å². The summed E-state index contributed by atoms with van der Waals surface area (Å²) < 4.78 is 5.27. The number of rotatable bonds is 7. The lowest BCUT2D eigenvalue weighted by molar-refractivity contribution is -0.384. The molecule has 1 aromatic carbocycles. The van der Waals surface area contributed by atoms with Crippen molar-refractivity contribution in [1.29, 1.82) is 0 Å². The van der Waals surface area contributed by atoms with Crippen LogP contribution in [0.25, 0.3) is 0 Å². The number of hydrogen-bond donors (Lipinski definition) is 3. The zero-order valence-corrected chi connectivity index (χ0v) is 14.7. The number of benzene rings is 1. The summed E-state index contributed by atoms with van der Waals surface area (Å²) in [4.78, 5) is 46.1. The minimum atomic E-state index is -1.17. The highest BCUT2D eigenvalue weighted by Gasteiger charge is 2.32. The third kappa shape index (κ3) is 5.48. The van der Waals surface area contributed by atoms with Gasteiger partial charge in [0, 0.05) is 30.2 Å². The smallest absolute Gasteiger partial charge is 0.326 e. The van der Waals surface area contributed by atoms with Crippen LogP contribution in [0, 0.1) is 16.0 Å². The predicted octanol–water partition coefficient (Wildman–Crippen LogP) is 0.709. The van der Waals surface area contributed by atoms with Crippen molar-refractivity contribution < 1.29 is 29.2 Å². The summed E-state index contributed by atoms with van der Waals surface area (Å²) in [6.07, 6.45) is 1.33. The predicted molar refractivity (Wildman–Crippen MR) is 93.1 cm³/mol. The first-order valence-corrected chi connectivity index (χ1v) is 8.46. The van der Waals surface area contributed by atoms with E-state index in [0.29, 0.717) is 19.4 Å². The summed E-state index contributed by atoms with van der Waals surface area (Å²) in [5, 5.41) is 25.0. The number of amides is 2. The van der Waals surface area contributed by atoms with Gasteiger partial charge in [-0.3, -0.25) is 19.7 Å². The van der Waals surface area contributed by atoms with Crippen molar-refractivity contribution in [2.24, 2.45) is 5.92 Å². The Morgan fingerprint density at radius 1 is 1.33 bits per heavy atom. The lowest BCUT2D eigenvalue weighted by Gasteiger charge is -2.29. The molecule has 3 N–H and O–H groups in total. The molecule has 0 spiro atoms. The molecule has 0 saturated carbocycles. The first-order valence-electron chi connectivity index (χ1n) is 8.46. The van der Waals surface area contributed by atoms with E-state index in [4.69, 9.17) is 4.74 Å². The molecular weight excluding hydrogens is 358 g/mol. The molecule has 0 aromatic heterocycles. The summed E-state index contributed by atoms with van der Waals surface area (Å²) in [5.41, 5.74) is -0.220. The van der Waals surface area contributed by atoms with E-state index >= 15 is 0 Å². The first-order chi connectivity index (χ1) is 12.8. The first kappa shape index (κ1) is 20.3. The van der Waals surface area contributed by atoms with E-state index in [2.05, 4.69) is 10.6 Å². The van der Waals surface area contributed by atoms with Gasteiger partial charge >= 0.3 is 5.97 Å². The third-order valence-corrected chi connectivity index (χ3v) is 4.29. The molecule has 27 heavy (non-hydrogen) atoms. The molecule has 0 aliphatic carbocycles. The molecule has 1 heterocycles. The van der Waals surface area contributed by atoms with Gasteiger partial charge in [-0.25, -0.2) is 4.79 Å². The van der Waals surface area contributed by atoms with Gasteiger partial charge in [-0.2, -0.15) is 0 Å². The number of carbonyl (C=O) groups is 3. The standard InChI is InChI=1S/C17H21N3O7/c1-10(18-16(22)11-4-2-6-13(8-11)20(25)26)15(21)19-14(17(23)24)12-5-3-7-27-9-12/h2,4,6,8,10,12,14H,3,5,7,9H2,1H3,(H,18,22)(H,19,21)(H,23,24). The molecular formula is C17H21N3O7. The SMILES string of the molecule is CC(NC(=O)c1cccc([N+](=O)[O-])c1)C(=O)NC(C(=O)O)C1CCCOC1. The number of carboxylic acids is 1. The van der Waals surface area contributed by atoms with Crippen molar-refractivity contribution in [2.75, 3.05) is 13.2 Å². The van der Waals surface area contributed by atoms with Crippen molar-refractivity contribution in [2.45, 2.75) is 31.8 Å². The molecule has 10 heteroatoms. The second-order valence-electron chi connectivity index (χ2n) is 6.30. The van der Waals surface area contributed by atoms with Crippen LogP contribution in [0.15, 0.2) is 24.3 Å². The Kier molecular flexibility index (Phi) is 6.83. The van der Waals surface area contributed by atoms with Crippen LogP contribution in [0.1, 0.15) is 30.1 Å². The lowest BCUT2D eigenvalue weighted by atomic mass is 9.93. The Balaban J connectivity index is 1.99. The van der Waals surface area contributed by atoms with Crippen molar-refractivity contribution in [3.63, 3.8) is 0 Å². The fourth-order valence-electron chi connectivity index (χ4n) is 2.79. The van der Waals surface area contributed by atoms with E-state index in [9.17, 15) is 29.6 Å². The van der Waals surface area contributed by atoms with Gasteiger partial charge in [0.25, 0.3) is 11.6 Å². The maximum Gasteiger partial charge on any atom is 0.326 e. The Hall–Kier alpha value is -3.01. The van der Waals surface area contributed by atoms with Crippen LogP contribution >= 0.6 is 0 Å². The van der Waals surface area contributed by atoms with Crippen LogP contribution < -0.4 is 10.6 Å². The highest BCUT2D eigenvalue weighted by Crippen LogP contribution is 2.18. The quantitative estimate of drug-likeness (QED) is 0.467. The van der Waals surface area contributed by atoms with E-state index in [-0.39, 0.29) is 23.8 Å². The number of nitrogens with zero attached hydrogens (tertiary/aromatic N) is 1. The zero-order chi connectivity index (χ0) is 20.0. The van der Waals surface area contributed by atoms with Crippen LogP contribution in [0.2, 0.25) is 0 Å². The zero-order valence-electron chi connectivity index (χ0n) is 14.7. The Morgan fingerprint density at radius 3 is 2.67 bits per heavy atom. The van der Waals surface area contributed by atoms with Crippen LogP contribution in [-0.2, 0) is 14.3 Å². The van der Waals surface area contributed by atoms with Crippen LogP contribution in [-0.4, -0.2) is 53.1 Å². The van der Waals surface area contributed by atoms with E-state index in [1.165, 1.54) is 25.1 Å². The third-order valence-electron chi connectivity index (χ3n) is 4.29. The van der Waals surface area contributed by atoms with Crippen LogP contribution in [0.5, 0.6) is 0 Å². The van der Waals surface area contributed by atoms with Gasteiger partial charge in [-0.15, -0.1) is 0 Å².